The summed E-state index contributed by atoms with van der Waals surface area (Å²) in [4.78, 5) is 27.6. The number of carbonyl (C=O) groups excluding carboxylic acids is 1. The van der Waals surface area contributed by atoms with Crippen molar-refractivity contribution in [3.63, 3.8) is 0 Å². The molecule has 5 rings (SSSR count). The summed E-state index contributed by atoms with van der Waals surface area (Å²) >= 11 is 1.17. The molecule has 5 aromatic rings. The zero-order valence-electron chi connectivity index (χ0n) is 26.0. The lowest BCUT2D eigenvalue weighted by Gasteiger charge is -2.23. The van der Waals surface area contributed by atoms with Gasteiger partial charge < -0.3 is 10.1 Å². The molecule has 0 aromatic carbocycles. The second kappa shape index (κ2) is 13.7. The number of ether oxygens (including phenoxy) is 1. The number of aromatic nitrogens is 7. The van der Waals surface area contributed by atoms with Gasteiger partial charge in [-0.15, -0.1) is 0 Å². The van der Waals surface area contributed by atoms with E-state index in [0.29, 0.717) is 45.7 Å². The predicted octanol–water partition coefficient (Wildman–Crippen LogP) is 4.46. The molecule has 46 heavy (non-hydrogen) atoms. The summed E-state index contributed by atoms with van der Waals surface area (Å²) in [6.45, 7) is 9.10. The van der Waals surface area contributed by atoms with E-state index < -0.39 is 29.9 Å². The molecule has 244 valence electrons. The van der Waals surface area contributed by atoms with Crippen molar-refractivity contribution in [2.24, 2.45) is 0 Å². The summed E-state index contributed by atoms with van der Waals surface area (Å²) in [6.07, 6.45) is 10.3. The fourth-order valence-corrected chi connectivity index (χ4v) is 6.14. The first-order valence-electron chi connectivity index (χ1n) is 14.2. The van der Waals surface area contributed by atoms with Gasteiger partial charge in [-0.3, -0.25) is 27.9 Å². The summed E-state index contributed by atoms with van der Waals surface area (Å²) in [5.41, 5.74) is 3.13. The molecule has 0 aliphatic heterocycles. The van der Waals surface area contributed by atoms with Gasteiger partial charge in [0.1, 0.15) is 24.9 Å². The second-order valence-electron chi connectivity index (χ2n) is 11.8. The molecule has 0 fully saturated rings. The third-order valence-electron chi connectivity index (χ3n) is 6.58. The van der Waals surface area contributed by atoms with Crippen LogP contribution in [0.15, 0.2) is 49.3 Å². The van der Waals surface area contributed by atoms with Crippen molar-refractivity contribution in [3.05, 3.63) is 66.5 Å². The highest BCUT2D eigenvalue weighted by atomic mass is 32.2. The number of imidazole rings is 1. The molecule has 0 atom stereocenters. The van der Waals surface area contributed by atoms with Gasteiger partial charge in [0.15, 0.2) is 17.3 Å². The molecule has 0 saturated carbocycles. The van der Waals surface area contributed by atoms with Gasteiger partial charge in [0.25, 0.3) is 10.1 Å². The fourth-order valence-electron chi connectivity index (χ4n) is 4.31. The Morgan fingerprint density at radius 2 is 2.00 bits per heavy atom. The molecule has 0 spiro atoms. The van der Waals surface area contributed by atoms with Crippen LogP contribution in [0.25, 0.3) is 16.9 Å². The van der Waals surface area contributed by atoms with Gasteiger partial charge in [0, 0.05) is 38.8 Å². The van der Waals surface area contributed by atoms with E-state index in [-0.39, 0.29) is 25.6 Å². The van der Waals surface area contributed by atoms with E-state index in [0.717, 1.165) is 18.5 Å². The van der Waals surface area contributed by atoms with E-state index in [2.05, 4.69) is 44.4 Å². The lowest BCUT2D eigenvalue weighted by atomic mass is 10.3. The Hall–Kier alpha value is -4.10. The SMILES string of the molecule is Cc1cn2c(-c3cnn(CC(=O)Nc4ccncc4F)c3)cnc2c(N(COCC[Si](C)(C)C)c2cc(COS(C)(=O)=O)ns2)n1. The first-order valence-corrected chi connectivity index (χ1v) is 20.5. The highest BCUT2D eigenvalue weighted by molar-refractivity contribution is 7.85. The van der Waals surface area contributed by atoms with Gasteiger partial charge in [-0.1, -0.05) is 19.6 Å². The van der Waals surface area contributed by atoms with Gasteiger partial charge in [-0.25, -0.2) is 14.4 Å². The van der Waals surface area contributed by atoms with Crippen molar-refractivity contribution in [2.75, 3.05) is 29.8 Å². The Morgan fingerprint density at radius 3 is 2.74 bits per heavy atom. The number of fused-ring (bicyclic) bond motifs is 1. The van der Waals surface area contributed by atoms with Crippen molar-refractivity contribution < 1.29 is 26.5 Å². The van der Waals surface area contributed by atoms with E-state index in [1.54, 1.807) is 24.7 Å². The van der Waals surface area contributed by atoms with Crippen LogP contribution >= 0.6 is 11.5 Å². The van der Waals surface area contributed by atoms with Crippen LogP contribution in [-0.2, 0) is 37.0 Å². The van der Waals surface area contributed by atoms with Crippen LogP contribution in [-0.4, -0.2) is 75.5 Å². The number of pyridine rings is 1. The largest absolute Gasteiger partial charge is 0.361 e. The van der Waals surface area contributed by atoms with Crippen molar-refractivity contribution >= 4 is 57.8 Å². The molecule has 5 aromatic heterocycles. The highest BCUT2D eigenvalue weighted by Gasteiger charge is 2.23. The number of carbonyl (C=O) groups is 1. The number of hydrogen-bond donors (Lipinski definition) is 1. The zero-order valence-corrected chi connectivity index (χ0v) is 28.6. The Labute approximate surface area is 270 Å². The lowest BCUT2D eigenvalue weighted by Crippen LogP contribution is -2.26. The Morgan fingerprint density at radius 1 is 1.20 bits per heavy atom. The number of anilines is 3. The minimum atomic E-state index is -3.64. The van der Waals surface area contributed by atoms with E-state index >= 15 is 0 Å². The third-order valence-corrected chi connectivity index (χ3v) is 9.68. The van der Waals surface area contributed by atoms with Crippen molar-refractivity contribution in [2.45, 2.75) is 45.8 Å². The summed E-state index contributed by atoms with van der Waals surface area (Å²) in [5, 5.41) is 7.52. The van der Waals surface area contributed by atoms with Crippen LogP contribution in [0.5, 0.6) is 0 Å². The fraction of sp³-hybridized carbons (Fsp3) is 0.357. The minimum absolute atomic E-state index is 0.0367. The summed E-state index contributed by atoms with van der Waals surface area (Å²) < 4.78 is 55.8. The summed E-state index contributed by atoms with van der Waals surface area (Å²) in [5.74, 6) is -0.560. The molecular weight excluding hydrogens is 654 g/mol. The number of hydrogen-bond acceptors (Lipinski definition) is 12. The molecule has 14 nitrogen and oxygen atoms in total. The minimum Gasteiger partial charge on any atom is -0.361 e. The Balaban J connectivity index is 1.42. The molecule has 5 heterocycles. The van der Waals surface area contributed by atoms with Gasteiger partial charge in [0.2, 0.25) is 5.91 Å². The van der Waals surface area contributed by atoms with Gasteiger partial charge in [-0.2, -0.15) is 17.9 Å². The molecule has 0 aliphatic carbocycles. The van der Waals surface area contributed by atoms with Crippen LogP contribution < -0.4 is 10.2 Å². The van der Waals surface area contributed by atoms with Gasteiger partial charge in [0.05, 0.1) is 47.6 Å². The monoisotopic (exact) mass is 687 g/mol. The topological polar surface area (TPSA) is 159 Å². The highest BCUT2D eigenvalue weighted by Crippen LogP contribution is 2.33. The molecular formula is C28H34FN9O5S2Si. The first kappa shape index (κ1) is 33.3. The summed E-state index contributed by atoms with van der Waals surface area (Å²) in [7, 11) is -4.98. The van der Waals surface area contributed by atoms with Crippen LogP contribution in [0.3, 0.4) is 0 Å². The molecule has 1 N–H and O–H groups in total. The molecule has 1 amide bonds. The van der Waals surface area contributed by atoms with Crippen LogP contribution in [0.4, 0.5) is 20.9 Å². The van der Waals surface area contributed by atoms with Gasteiger partial charge >= 0.3 is 0 Å². The maximum absolute atomic E-state index is 13.9. The molecule has 0 radical (unpaired) electrons. The first-order chi connectivity index (χ1) is 21.8. The Kier molecular flexibility index (Phi) is 9.92. The predicted molar refractivity (Wildman–Crippen MR) is 175 cm³/mol. The van der Waals surface area contributed by atoms with Crippen LogP contribution in [0.2, 0.25) is 25.7 Å². The smallest absolute Gasteiger partial charge is 0.264 e. The second-order valence-corrected chi connectivity index (χ2v) is 19.8. The number of nitrogens with zero attached hydrogens (tertiary/aromatic N) is 8. The van der Waals surface area contributed by atoms with Crippen molar-refractivity contribution in [1.82, 2.24) is 33.5 Å². The van der Waals surface area contributed by atoms with Crippen molar-refractivity contribution in [3.8, 4) is 11.3 Å². The summed E-state index contributed by atoms with van der Waals surface area (Å²) in [6, 6.07) is 4.10. The number of halogens is 1. The standard InChI is InChI=1S/C28H34FN9O5S2Si/c1-19-14-37-24(20-11-32-36(15-20)16-25(39)34-23-6-7-30-12-22(23)29)13-31-27(37)28(33-19)38(18-42-8-9-46(3,4)5)26-10-21(35-44-26)17-43-45(2,40)41/h6-7,10-15H,8-9,16-18H2,1-5H3,(H,30,34,39). The average molecular weight is 688 g/mol. The van der Waals surface area contributed by atoms with Crippen LogP contribution in [0.1, 0.15) is 11.4 Å². The van der Waals surface area contributed by atoms with E-state index in [1.807, 2.05) is 22.4 Å². The van der Waals surface area contributed by atoms with E-state index in [1.165, 1.54) is 28.5 Å². The number of nitrogens with one attached hydrogen (secondary N) is 1. The molecule has 0 unspecified atom stereocenters. The molecule has 0 aliphatic rings. The van der Waals surface area contributed by atoms with Gasteiger partial charge in [-0.05, 0) is 36.6 Å². The van der Waals surface area contributed by atoms with Crippen molar-refractivity contribution in [1.29, 1.82) is 0 Å². The number of rotatable bonds is 14. The lowest BCUT2D eigenvalue weighted by molar-refractivity contribution is -0.116. The molecule has 0 bridgehead atoms. The van der Waals surface area contributed by atoms with E-state index in [4.69, 9.17) is 13.9 Å². The molecule has 18 heteroatoms. The number of aryl methyl sites for hydroxylation is 1. The molecule has 0 saturated heterocycles. The number of amides is 1. The average Bonchev–Trinajstić information content (AvgIpc) is 3.72. The van der Waals surface area contributed by atoms with E-state index in [9.17, 15) is 17.6 Å². The Bertz CT molecular complexity index is 1960. The quantitative estimate of drug-likeness (QED) is 0.0761. The maximum atomic E-state index is 13.9. The van der Waals surface area contributed by atoms with Crippen LogP contribution in [0, 0.1) is 12.7 Å². The maximum Gasteiger partial charge on any atom is 0.264 e. The third kappa shape index (κ3) is 8.58. The normalized spacial score (nSPS) is 12.1. The zero-order chi connectivity index (χ0) is 33.1.